The van der Waals surface area contributed by atoms with Crippen molar-refractivity contribution in [2.45, 2.75) is 174 Å². The third kappa shape index (κ3) is 14.4. The standard InChI is InChI=1S/C66H85N3O7S/c1-45(2)16-15-17-46(3)57-34-35-58-56-33-27-51-42-55(36-38-65(51,4)59(56)37-39-66(57,58)5)74-61(71)21-10-8-14-41-77-64-69-68-62(76-64)48-22-28-52(29-23-48)67-44-50-26-32-54(43-60(50)70)75-63(72)49-24-30-53(31-25-49)73-40-13-7-6-9-18-47-19-11-12-20-47/h11-12,19-20,22-32,43-47,55-59,70H,6-10,13-18,21,33-42H2,1-5H3/t46-,55?,56+,57-,58+,59+,65+,66-/m1/s1. The van der Waals surface area contributed by atoms with E-state index in [9.17, 15) is 14.7 Å². The zero-order valence-electron chi connectivity index (χ0n) is 46.6. The van der Waals surface area contributed by atoms with E-state index >= 15 is 0 Å². The molecule has 4 aromatic rings. The highest BCUT2D eigenvalue weighted by molar-refractivity contribution is 7.99. The van der Waals surface area contributed by atoms with Crippen LogP contribution in [0.5, 0.6) is 17.2 Å². The van der Waals surface area contributed by atoms with E-state index in [1.54, 1.807) is 48.2 Å². The first kappa shape index (κ1) is 56.3. The van der Waals surface area contributed by atoms with Crippen molar-refractivity contribution in [3.63, 3.8) is 0 Å². The Balaban J connectivity index is 0.640. The van der Waals surface area contributed by atoms with Crippen LogP contribution in [-0.4, -0.2) is 51.9 Å². The fourth-order valence-corrected chi connectivity index (χ4v) is 14.9. The minimum atomic E-state index is -0.529. The summed E-state index contributed by atoms with van der Waals surface area (Å²) in [6, 6.07) is 19.0. The van der Waals surface area contributed by atoms with Gasteiger partial charge in [-0.1, -0.05) is 127 Å². The number of carbonyl (C=O) groups is 2. The van der Waals surface area contributed by atoms with Gasteiger partial charge in [0.15, 0.2) is 0 Å². The lowest BCUT2D eigenvalue weighted by Gasteiger charge is -2.58. The Morgan fingerprint density at radius 3 is 2.40 bits per heavy atom. The zero-order valence-corrected chi connectivity index (χ0v) is 47.5. The number of aliphatic imine (C=N–C) groups is 1. The Kier molecular flexibility index (Phi) is 19.4. The molecular formula is C66H85N3O7S. The molecule has 0 bridgehead atoms. The van der Waals surface area contributed by atoms with Gasteiger partial charge in [0.05, 0.1) is 17.9 Å². The van der Waals surface area contributed by atoms with Crippen LogP contribution < -0.4 is 9.47 Å². The normalized spacial score (nSPS) is 25.1. The molecule has 10 nitrogen and oxygen atoms in total. The number of benzene rings is 3. The molecule has 0 aliphatic heterocycles. The van der Waals surface area contributed by atoms with Gasteiger partial charge in [-0.25, -0.2) is 4.79 Å². The molecule has 9 rings (SSSR count). The number of unbranched alkanes of at least 4 members (excludes halogenated alkanes) is 5. The molecule has 1 aromatic heterocycles. The molecule has 77 heavy (non-hydrogen) atoms. The van der Waals surface area contributed by atoms with Crippen molar-refractivity contribution in [3.05, 3.63) is 114 Å². The topological polar surface area (TPSA) is 133 Å². The van der Waals surface area contributed by atoms with E-state index < -0.39 is 5.97 Å². The second-order valence-electron chi connectivity index (χ2n) is 24.1. The number of aromatic hydroxyl groups is 1. The Hall–Kier alpha value is -5.42. The van der Waals surface area contributed by atoms with Gasteiger partial charge >= 0.3 is 11.9 Å². The zero-order chi connectivity index (χ0) is 53.8. The SMILES string of the molecule is CC(C)CCC[C@@H](C)[C@H]1CC[C@H]2[C@@H]3CC=C4CC(OC(=O)CCCCCSc5nnc(-c6ccc(N=Cc7ccc(OC(=O)c8ccc(OCCCCCCC9C=CC=C9)cc8)cc7O)cc6)o5)CC[C@]4(C)[C@H]3CC[C@]12C. The summed E-state index contributed by atoms with van der Waals surface area (Å²) in [4.78, 5) is 30.5. The first-order valence-corrected chi connectivity index (χ1v) is 30.5. The molecule has 3 aromatic carbocycles. The van der Waals surface area contributed by atoms with Gasteiger partial charge in [0.25, 0.3) is 5.22 Å². The number of esters is 2. The number of hydrogen-bond acceptors (Lipinski definition) is 11. The predicted octanol–water partition coefficient (Wildman–Crippen LogP) is 17.1. The predicted molar refractivity (Wildman–Crippen MR) is 309 cm³/mol. The molecule has 5 aliphatic carbocycles. The Morgan fingerprint density at radius 1 is 0.831 bits per heavy atom. The van der Waals surface area contributed by atoms with E-state index in [1.807, 2.05) is 24.3 Å². The highest BCUT2D eigenvalue weighted by Gasteiger charge is 2.59. The van der Waals surface area contributed by atoms with Crippen molar-refractivity contribution < 1.29 is 33.3 Å². The first-order valence-electron chi connectivity index (χ1n) is 29.5. The average molecular weight is 1060 g/mol. The summed E-state index contributed by atoms with van der Waals surface area (Å²) in [6.07, 6.45) is 35.8. The number of nitrogens with zero attached hydrogens (tertiary/aromatic N) is 3. The lowest BCUT2D eigenvalue weighted by atomic mass is 9.47. The molecule has 0 amide bonds. The number of carbonyl (C=O) groups excluding carboxylic acids is 2. The van der Waals surface area contributed by atoms with Gasteiger partial charge in [0.1, 0.15) is 23.4 Å². The molecule has 0 saturated heterocycles. The number of thioether (sulfide) groups is 1. The summed E-state index contributed by atoms with van der Waals surface area (Å²) in [5.41, 5.74) is 4.63. The fraction of sp³-hybridized carbons (Fsp3) is 0.561. The molecule has 8 atom stereocenters. The van der Waals surface area contributed by atoms with Crippen LogP contribution in [0.15, 0.2) is 117 Å². The maximum Gasteiger partial charge on any atom is 0.343 e. The van der Waals surface area contributed by atoms with E-state index in [4.69, 9.17) is 18.6 Å². The van der Waals surface area contributed by atoms with Crippen LogP contribution in [0.3, 0.4) is 0 Å². The van der Waals surface area contributed by atoms with Crippen molar-refractivity contribution in [2.75, 3.05) is 12.4 Å². The molecule has 11 heteroatoms. The maximum atomic E-state index is 13.1. The largest absolute Gasteiger partial charge is 0.507 e. The van der Waals surface area contributed by atoms with Crippen LogP contribution in [0.1, 0.15) is 179 Å². The van der Waals surface area contributed by atoms with Gasteiger partial charge in [-0.2, -0.15) is 0 Å². The molecule has 1 heterocycles. The quantitative estimate of drug-likeness (QED) is 0.0162. The number of ether oxygens (including phenoxy) is 3. The summed E-state index contributed by atoms with van der Waals surface area (Å²) < 4.78 is 23.6. The minimum Gasteiger partial charge on any atom is -0.507 e. The fourth-order valence-electron chi connectivity index (χ4n) is 14.2. The summed E-state index contributed by atoms with van der Waals surface area (Å²) in [5.74, 6) is 7.10. The Bertz CT molecular complexity index is 2700. The maximum absolute atomic E-state index is 13.1. The summed E-state index contributed by atoms with van der Waals surface area (Å²) in [7, 11) is 0. The summed E-state index contributed by atoms with van der Waals surface area (Å²) in [6.45, 7) is 13.2. The van der Waals surface area contributed by atoms with Crippen molar-refractivity contribution in [1.29, 1.82) is 0 Å². The Morgan fingerprint density at radius 2 is 1.61 bits per heavy atom. The molecular weight excluding hydrogens is 979 g/mol. The summed E-state index contributed by atoms with van der Waals surface area (Å²) >= 11 is 1.53. The Labute approximate surface area is 463 Å². The lowest BCUT2D eigenvalue weighted by molar-refractivity contribution is -0.151. The second-order valence-corrected chi connectivity index (χ2v) is 25.1. The summed E-state index contributed by atoms with van der Waals surface area (Å²) in [5, 5.41) is 19.8. The number of allylic oxidation sites excluding steroid dienone is 5. The molecule has 0 radical (unpaired) electrons. The molecule has 412 valence electrons. The third-order valence-electron chi connectivity index (χ3n) is 18.5. The van der Waals surface area contributed by atoms with Gasteiger partial charge in [-0.3, -0.25) is 9.79 Å². The van der Waals surface area contributed by atoms with E-state index in [0.717, 1.165) is 98.2 Å². The number of aromatic nitrogens is 2. The van der Waals surface area contributed by atoms with E-state index in [1.165, 1.54) is 88.5 Å². The number of rotatable bonds is 26. The van der Waals surface area contributed by atoms with Crippen LogP contribution in [0, 0.1) is 52.3 Å². The van der Waals surface area contributed by atoms with Crippen LogP contribution in [0.25, 0.3) is 11.5 Å². The van der Waals surface area contributed by atoms with Crippen LogP contribution in [0.4, 0.5) is 5.69 Å². The molecule has 1 N–H and O–H groups in total. The molecule has 3 saturated carbocycles. The highest BCUT2D eigenvalue weighted by Crippen LogP contribution is 2.67. The number of hydrogen-bond donors (Lipinski definition) is 1. The van der Waals surface area contributed by atoms with Crippen molar-refractivity contribution in [3.8, 4) is 28.7 Å². The average Bonchev–Trinajstić information content (AvgIpc) is 4.21. The number of phenolic OH excluding ortho intramolecular Hbond substituents is 1. The molecule has 5 aliphatic rings. The molecule has 0 spiro atoms. The number of phenols is 1. The third-order valence-corrected chi connectivity index (χ3v) is 19.4. The molecule has 1 unspecified atom stereocenters. The van der Waals surface area contributed by atoms with Gasteiger partial charge in [-0.15, -0.1) is 10.2 Å². The first-order chi connectivity index (χ1) is 37.3. The smallest absolute Gasteiger partial charge is 0.343 e. The van der Waals surface area contributed by atoms with E-state index in [-0.39, 0.29) is 29.0 Å². The van der Waals surface area contributed by atoms with Gasteiger partial charge in [0, 0.05) is 42.0 Å². The lowest BCUT2D eigenvalue weighted by Crippen LogP contribution is -2.51. The van der Waals surface area contributed by atoms with Crippen molar-refractivity contribution >= 4 is 35.6 Å². The van der Waals surface area contributed by atoms with E-state index in [2.05, 4.69) is 80.2 Å². The van der Waals surface area contributed by atoms with Crippen LogP contribution in [0.2, 0.25) is 0 Å². The minimum absolute atomic E-state index is 0.00894. The highest BCUT2D eigenvalue weighted by atomic mass is 32.2. The van der Waals surface area contributed by atoms with Crippen molar-refractivity contribution in [2.24, 2.45) is 57.2 Å². The van der Waals surface area contributed by atoms with Crippen molar-refractivity contribution in [1.82, 2.24) is 10.2 Å². The van der Waals surface area contributed by atoms with E-state index in [0.29, 0.717) is 58.0 Å². The van der Waals surface area contributed by atoms with Gasteiger partial charge in [0.2, 0.25) is 5.89 Å². The van der Waals surface area contributed by atoms with Gasteiger partial charge < -0.3 is 23.7 Å². The monoisotopic (exact) mass is 1060 g/mol. The van der Waals surface area contributed by atoms with Crippen LogP contribution >= 0.6 is 11.8 Å². The second kappa shape index (κ2) is 26.5. The molecule has 3 fully saturated rings. The van der Waals surface area contributed by atoms with Gasteiger partial charge in [-0.05, 0) is 184 Å². The van der Waals surface area contributed by atoms with Crippen LogP contribution in [-0.2, 0) is 9.53 Å². The number of fused-ring (bicyclic) bond motifs is 5.